The van der Waals surface area contributed by atoms with E-state index in [1.165, 1.54) is 0 Å². The van der Waals surface area contributed by atoms with Gasteiger partial charge in [-0.25, -0.2) is 8.42 Å². The summed E-state index contributed by atoms with van der Waals surface area (Å²) in [4.78, 5) is 2.14. The van der Waals surface area contributed by atoms with Crippen LogP contribution >= 0.6 is 0 Å². The highest BCUT2D eigenvalue weighted by Crippen LogP contribution is 2.40. The topological polar surface area (TPSA) is 69.6 Å². The van der Waals surface area contributed by atoms with Gasteiger partial charge >= 0.3 is 0 Å². The monoisotopic (exact) mass is 304 g/mol. The van der Waals surface area contributed by atoms with Gasteiger partial charge in [-0.2, -0.15) is 0 Å². The quantitative estimate of drug-likeness (QED) is 0.672. The molecule has 0 aromatic carbocycles. The Bertz CT molecular complexity index is 422. The van der Waals surface area contributed by atoms with Crippen molar-refractivity contribution >= 4 is 9.84 Å². The normalized spacial score (nSPS) is 28.7. The fourth-order valence-corrected chi connectivity index (χ4v) is 5.08. The van der Waals surface area contributed by atoms with Crippen LogP contribution in [0, 0.1) is 5.92 Å². The first-order valence-corrected chi connectivity index (χ1v) is 9.51. The SMILES string of the molecule is CCCNC(CO)(CN(C)C1CCS(=O)(=O)C1)C1CC1. The molecule has 118 valence electrons. The molecule has 2 atom stereocenters. The minimum absolute atomic E-state index is 0.105. The number of likely N-dealkylation sites (N-methyl/N-ethyl adjacent to an activating group) is 1. The molecule has 2 unspecified atom stereocenters. The van der Waals surface area contributed by atoms with Gasteiger partial charge in [-0.05, 0) is 45.2 Å². The molecule has 1 heterocycles. The molecule has 0 spiro atoms. The number of nitrogens with one attached hydrogen (secondary N) is 1. The maximum absolute atomic E-state index is 11.6. The Morgan fingerprint density at radius 1 is 1.35 bits per heavy atom. The zero-order valence-corrected chi connectivity index (χ0v) is 13.5. The highest BCUT2D eigenvalue weighted by atomic mass is 32.2. The van der Waals surface area contributed by atoms with E-state index < -0.39 is 9.84 Å². The Kier molecular flexibility index (Phi) is 5.10. The molecular weight excluding hydrogens is 276 g/mol. The van der Waals surface area contributed by atoms with Crippen molar-refractivity contribution in [3.8, 4) is 0 Å². The standard InChI is InChI=1S/C14H28N2O3S/c1-3-7-15-14(11-17,12-4-5-12)10-16(2)13-6-8-20(18,19)9-13/h12-13,15,17H,3-11H2,1-2H3. The van der Waals surface area contributed by atoms with Crippen molar-refractivity contribution in [1.82, 2.24) is 10.2 Å². The van der Waals surface area contributed by atoms with Gasteiger partial charge in [0.05, 0.1) is 23.7 Å². The Labute approximate surface area is 122 Å². The lowest BCUT2D eigenvalue weighted by Crippen LogP contribution is -2.59. The lowest BCUT2D eigenvalue weighted by Gasteiger charge is -2.39. The first kappa shape index (κ1) is 16.2. The molecular formula is C14H28N2O3S. The minimum Gasteiger partial charge on any atom is -0.394 e. The fraction of sp³-hybridized carbons (Fsp3) is 1.00. The number of nitrogens with zero attached hydrogens (tertiary/aromatic N) is 1. The van der Waals surface area contributed by atoms with E-state index in [9.17, 15) is 13.5 Å². The summed E-state index contributed by atoms with van der Waals surface area (Å²) >= 11 is 0. The molecule has 0 aromatic rings. The summed E-state index contributed by atoms with van der Waals surface area (Å²) in [6.45, 7) is 3.87. The molecule has 2 fully saturated rings. The lowest BCUT2D eigenvalue weighted by atomic mass is 9.92. The predicted molar refractivity (Wildman–Crippen MR) is 80.5 cm³/mol. The average Bonchev–Trinajstić information content (AvgIpc) is 3.19. The van der Waals surface area contributed by atoms with Crippen LogP contribution in [0.1, 0.15) is 32.6 Å². The highest BCUT2D eigenvalue weighted by molar-refractivity contribution is 7.91. The summed E-state index contributed by atoms with van der Waals surface area (Å²) in [7, 11) is -0.857. The molecule has 0 amide bonds. The van der Waals surface area contributed by atoms with E-state index in [0.717, 1.165) is 38.8 Å². The molecule has 2 N–H and O–H groups in total. The van der Waals surface area contributed by atoms with Gasteiger partial charge in [-0.15, -0.1) is 0 Å². The van der Waals surface area contributed by atoms with Gasteiger partial charge in [0.1, 0.15) is 0 Å². The molecule has 1 aliphatic carbocycles. The number of hydrogen-bond acceptors (Lipinski definition) is 5. The van der Waals surface area contributed by atoms with Crippen LogP contribution in [0.2, 0.25) is 0 Å². The van der Waals surface area contributed by atoms with Crippen molar-refractivity contribution in [3.05, 3.63) is 0 Å². The first-order chi connectivity index (χ1) is 9.42. The van der Waals surface area contributed by atoms with E-state index >= 15 is 0 Å². The Hall–Kier alpha value is -0.170. The molecule has 0 bridgehead atoms. The maximum atomic E-state index is 11.6. The van der Waals surface area contributed by atoms with E-state index in [4.69, 9.17) is 0 Å². The van der Waals surface area contributed by atoms with Crippen LogP contribution in [-0.4, -0.2) is 68.3 Å². The third-order valence-electron chi connectivity index (χ3n) is 4.73. The summed E-state index contributed by atoms with van der Waals surface area (Å²) in [6, 6.07) is 0.105. The highest BCUT2D eigenvalue weighted by Gasteiger charge is 2.46. The van der Waals surface area contributed by atoms with Crippen molar-refractivity contribution in [2.45, 2.75) is 44.2 Å². The zero-order valence-electron chi connectivity index (χ0n) is 12.6. The van der Waals surface area contributed by atoms with Gasteiger partial charge in [0.15, 0.2) is 9.84 Å². The van der Waals surface area contributed by atoms with Crippen molar-refractivity contribution in [1.29, 1.82) is 0 Å². The molecule has 1 saturated heterocycles. The van der Waals surface area contributed by atoms with E-state index in [0.29, 0.717) is 11.7 Å². The zero-order chi connectivity index (χ0) is 14.8. The molecule has 2 rings (SSSR count). The summed E-state index contributed by atoms with van der Waals surface area (Å²) in [5.41, 5.74) is -0.253. The van der Waals surface area contributed by atoms with E-state index in [2.05, 4.69) is 17.1 Å². The van der Waals surface area contributed by atoms with Crippen LogP contribution in [0.5, 0.6) is 0 Å². The van der Waals surface area contributed by atoms with Crippen LogP contribution in [0.25, 0.3) is 0 Å². The maximum Gasteiger partial charge on any atom is 0.151 e. The molecule has 1 aliphatic heterocycles. The van der Waals surface area contributed by atoms with Crippen molar-refractivity contribution in [3.63, 3.8) is 0 Å². The lowest BCUT2D eigenvalue weighted by molar-refractivity contribution is 0.0880. The molecule has 0 aromatic heterocycles. The molecule has 0 radical (unpaired) electrons. The summed E-state index contributed by atoms with van der Waals surface area (Å²) in [5.74, 6) is 1.10. The van der Waals surface area contributed by atoms with Gasteiger partial charge in [-0.3, -0.25) is 0 Å². The predicted octanol–water partition coefficient (Wildman–Crippen LogP) is 0.246. The first-order valence-electron chi connectivity index (χ1n) is 7.69. The van der Waals surface area contributed by atoms with Gasteiger partial charge in [-0.1, -0.05) is 6.92 Å². The van der Waals surface area contributed by atoms with Crippen molar-refractivity contribution in [2.24, 2.45) is 5.92 Å². The number of hydrogen-bond donors (Lipinski definition) is 2. The van der Waals surface area contributed by atoms with Crippen LogP contribution in [0.15, 0.2) is 0 Å². The fourth-order valence-electron chi connectivity index (χ4n) is 3.27. The molecule has 20 heavy (non-hydrogen) atoms. The number of aliphatic hydroxyl groups excluding tert-OH is 1. The van der Waals surface area contributed by atoms with Crippen LogP contribution < -0.4 is 5.32 Å². The Balaban J connectivity index is 2.00. The summed E-state index contributed by atoms with van der Waals surface area (Å²) in [6.07, 6.45) is 4.08. The number of sulfone groups is 1. The molecule has 6 heteroatoms. The van der Waals surface area contributed by atoms with Gasteiger partial charge in [0.2, 0.25) is 0 Å². The summed E-state index contributed by atoms with van der Waals surface area (Å²) < 4.78 is 23.2. The molecule has 1 saturated carbocycles. The third kappa shape index (κ3) is 3.72. The van der Waals surface area contributed by atoms with Crippen molar-refractivity contribution < 1.29 is 13.5 Å². The average molecular weight is 304 g/mol. The third-order valence-corrected chi connectivity index (χ3v) is 6.48. The Morgan fingerprint density at radius 3 is 2.50 bits per heavy atom. The Morgan fingerprint density at radius 2 is 2.05 bits per heavy atom. The molecule has 2 aliphatic rings. The molecule has 5 nitrogen and oxygen atoms in total. The van der Waals surface area contributed by atoms with E-state index in [1.54, 1.807) is 0 Å². The van der Waals surface area contributed by atoms with Crippen LogP contribution in [-0.2, 0) is 9.84 Å². The minimum atomic E-state index is -2.85. The van der Waals surface area contributed by atoms with E-state index in [-0.39, 0.29) is 23.9 Å². The second-order valence-corrected chi connectivity index (χ2v) is 8.72. The second kappa shape index (κ2) is 6.30. The summed E-state index contributed by atoms with van der Waals surface area (Å²) in [5, 5.41) is 13.4. The smallest absolute Gasteiger partial charge is 0.151 e. The van der Waals surface area contributed by atoms with Crippen LogP contribution in [0.4, 0.5) is 0 Å². The number of rotatable bonds is 8. The van der Waals surface area contributed by atoms with E-state index in [1.807, 2.05) is 7.05 Å². The van der Waals surface area contributed by atoms with Gasteiger partial charge < -0.3 is 15.3 Å². The largest absolute Gasteiger partial charge is 0.394 e. The van der Waals surface area contributed by atoms with Crippen molar-refractivity contribution in [2.75, 3.05) is 38.2 Å². The van der Waals surface area contributed by atoms with Gasteiger partial charge in [0, 0.05) is 12.6 Å². The van der Waals surface area contributed by atoms with Gasteiger partial charge in [0.25, 0.3) is 0 Å². The van der Waals surface area contributed by atoms with Crippen LogP contribution in [0.3, 0.4) is 0 Å². The number of aliphatic hydroxyl groups is 1. The second-order valence-electron chi connectivity index (χ2n) is 6.49.